The van der Waals surface area contributed by atoms with Crippen LogP contribution in [0.1, 0.15) is 18.3 Å². The van der Waals surface area contributed by atoms with Gasteiger partial charge in [0.25, 0.3) is 0 Å². The Morgan fingerprint density at radius 3 is 2.50 bits per heavy atom. The Balaban J connectivity index is 2.58. The van der Waals surface area contributed by atoms with Gasteiger partial charge in [-0.2, -0.15) is 0 Å². The zero-order chi connectivity index (χ0) is 8.97. The summed E-state index contributed by atoms with van der Waals surface area (Å²) in [5.41, 5.74) is 1.11. The quantitative estimate of drug-likeness (QED) is 0.724. The normalized spacial score (nSPS) is 12.9. The second-order valence-corrected chi connectivity index (χ2v) is 3.07. The van der Waals surface area contributed by atoms with E-state index >= 15 is 0 Å². The van der Waals surface area contributed by atoms with Gasteiger partial charge in [0.1, 0.15) is 5.82 Å². The van der Waals surface area contributed by atoms with Crippen LogP contribution in [0.3, 0.4) is 0 Å². The summed E-state index contributed by atoms with van der Waals surface area (Å²) in [4.78, 5) is 8.43. The van der Waals surface area contributed by atoms with E-state index in [-0.39, 0.29) is 0 Å². The molecule has 0 saturated carbocycles. The maximum absolute atomic E-state index is 4.22. The Morgan fingerprint density at radius 1 is 1.42 bits per heavy atom. The monoisotopic (exact) mass is 165 g/mol. The first-order chi connectivity index (χ1) is 5.72. The molecule has 0 aliphatic rings. The van der Waals surface area contributed by atoms with Gasteiger partial charge in [-0.1, -0.05) is 0 Å². The van der Waals surface area contributed by atoms with Crippen molar-refractivity contribution >= 4 is 0 Å². The van der Waals surface area contributed by atoms with E-state index < -0.39 is 0 Å². The third kappa shape index (κ3) is 2.58. The van der Waals surface area contributed by atoms with Crippen LogP contribution in [0.2, 0.25) is 0 Å². The van der Waals surface area contributed by atoms with E-state index in [9.17, 15) is 0 Å². The highest BCUT2D eigenvalue weighted by Gasteiger charge is 2.01. The average molecular weight is 165 g/mol. The second-order valence-electron chi connectivity index (χ2n) is 3.07. The van der Waals surface area contributed by atoms with Crippen LogP contribution in [0.15, 0.2) is 12.4 Å². The standard InChI is InChI=1S/C9H15N3/c1-7-5-11-9(12-6-7)4-8(2)10-3/h5-6,8,10H,4H2,1-3H3. The molecular formula is C9H15N3. The van der Waals surface area contributed by atoms with Crippen LogP contribution in [0.4, 0.5) is 0 Å². The lowest BCUT2D eigenvalue weighted by atomic mass is 10.2. The molecule has 1 N–H and O–H groups in total. The van der Waals surface area contributed by atoms with Gasteiger partial charge >= 0.3 is 0 Å². The fourth-order valence-corrected chi connectivity index (χ4v) is 0.901. The maximum atomic E-state index is 4.22. The second kappa shape index (κ2) is 4.16. The van der Waals surface area contributed by atoms with Gasteiger partial charge < -0.3 is 5.32 Å². The smallest absolute Gasteiger partial charge is 0.129 e. The lowest BCUT2D eigenvalue weighted by Crippen LogP contribution is -2.24. The van der Waals surface area contributed by atoms with E-state index in [0.717, 1.165) is 17.8 Å². The molecule has 0 saturated heterocycles. The highest BCUT2D eigenvalue weighted by molar-refractivity contribution is 5.02. The van der Waals surface area contributed by atoms with Crippen molar-refractivity contribution < 1.29 is 0 Å². The molecule has 0 bridgehead atoms. The third-order valence-electron chi connectivity index (χ3n) is 1.82. The van der Waals surface area contributed by atoms with E-state index in [2.05, 4.69) is 22.2 Å². The Labute approximate surface area is 73.2 Å². The summed E-state index contributed by atoms with van der Waals surface area (Å²) in [7, 11) is 1.94. The lowest BCUT2D eigenvalue weighted by molar-refractivity contribution is 0.590. The Kier molecular flexibility index (Phi) is 3.17. The zero-order valence-electron chi connectivity index (χ0n) is 7.83. The Morgan fingerprint density at radius 2 is 2.00 bits per heavy atom. The van der Waals surface area contributed by atoms with E-state index in [4.69, 9.17) is 0 Å². The fourth-order valence-electron chi connectivity index (χ4n) is 0.901. The molecule has 0 aliphatic carbocycles. The van der Waals surface area contributed by atoms with Crippen molar-refractivity contribution in [2.45, 2.75) is 26.3 Å². The van der Waals surface area contributed by atoms with Crippen LogP contribution >= 0.6 is 0 Å². The van der Waals surface area contributed by atoms with E-state index in [1.807, 2.05) is 26.4 Å². The highest BCUT2D eigenvalue weighted by atomic mass is 14.9. The number of likely N-dealkylation sites (N-methyl/N-ethyl adjacent to an activating group) is 1. The number of nitrogens with zero attached hydrogens (tertiary/aromatic N) is 2. The molecule has 3 heteroatoms. The molecule has 1 heterocycles. The first-order valence-corrected chi connectivity index (χ1v) is 4.17. The van der Waals surface area contributed by atoms with Crippen molar-refractivity contribution in [2.24, 2.45) is 0 Å². The van der Waals surface area contributed by atoms with Gasteiger partial charge in [0, 0.05) is 24.9 Å². The molecule has 0 amide bonds. The molecule has 66 valence electrons. The maximum Gasteiger partial charge on any atom is 0.129 e. The van der Waals surface area contributed by atoms with Gasteiger partial charge in [-0.05, 0) is 26.5 Å². The lowest BCUT2D eigenvalue weighted by Gasteiger charge is -2.07. The predicted octanol–water partition coefficient (Wildman–Crippen LogP) is 0.935. The van der Waals surface area contributed by atoms with Crippen LogP contribution in [-0.2, 0) is 6.42 Å². The van der Waals surface area contributed by atoms with Crippen molar-refractivity contribution in [1.82, 2.24) is 15.3 Å². The molecule has 0 aromatic carbocycles. The predicted molar refractivity (Wildman–Crippen MR) is 49.0 cm³/mol. The number of nitrogens with one attached hydrogen (secondary N) is 1. The molecule has 1 rings (SSSR count). The van der Waals surface area contributed by atoms with Crippen molar-refractivity contribution in [3.63, 3.8) is 0 Å². The van der Waals surface area contributed by atoms with Gasteiger partial charge in [0.15, 0.2) is 0 Å². The summed E-state index contributed by atoms with van der Waals surface area (Å²) >= 11 is 0. The first kappa shape index (κ1) is 9.13. The van der Waals surface area contributed by atoms with Crippen molar-refractivity contribution in [3.8, 4) is 0 Å². The minimum Gasteiger partial charge on any atom is -0.317 e. The first-order valence-electron chi connectivity index (χ1n) is 4.17. The number of hydrogen-bond donors (Lipinski definition) is 1. The largest absolute Gasteiger partial charge is 0.317 e. The Bertz CT molecular complexity index is 230. The summed E-state index contributed by atoms with van der Waals surface area (Å²) in [6, 6.07) is 0.438. The molecule has 3 nitrogen and oxygen atoms in total. The Hall–Kier alpha value is -0.960. The SMILES string of the molecule is CNC(C)Cc1ncc(C)cn1. The molecule has 0 fully saturated rings. The molecule has 0 aliphatic heterocycles. The zero-order valence-corrected chi connectivity index (χ0v) is 7.83. The molecule has 0 radical (unpaired) electrons. The van der Waals surface area contributed by atoms with Gasteiger partial charge in [-0.25, -0.2) is 9.97 Å². The average Bonchev–Trinajstić information content (AvgIpc) is 2.09. The molecule has 1 aromatic rings. The molecular weight excluding hydrogens is 150 g/mol. The van der Waals surface area contributed by atoms with Crippen LogP contribution in [-0.4, -0.2) is 23.1 Å². The number of aromatic nitrogens is 2. The van der Waals surface area contributed by atoms with Crippen molar-refractivity contribution in [2.75, 3.05) is 7.05 Å². The van der Waals surface area contributed by atoms with E-state index in [1.54, 1.807) is 0 Å². The summed E-state index contributed by atoms with van der Waals surface area (Å²) in [5.74, 6) is 0.905. The van der Waals surface area contributed by atoms with Crippen molar-refractivity contribution in [1.29, 1.82) is 0 Å². The molecule has 1 atom stereocenters. The topological polar surface area (TPSA) is 37.8 Å². The number of hydrogen-bond acceptors (Lipinski definition) is 3. The van der Waals surface area contributed by atoms with Crippen molar-refractivity contribution in [3.05, 3.63) is 23.8 Å². The minimum absolute atomic E-state index is 0.438. The van der Waals surface area contributed by atoms with Gasteiger partial charge in [-0.3, -0.25) is 0 Å². The van der Waals surface area contributed by atoms with Crippen LogP contribution in [0.5, 0.6) is 0 Å². The van der Waals surface area contributed by atoms with Gasteiger partial charge in [0.2, 0.25) is 0 Å². The number of aryl methyl sites for hydroxylation is 1. The molecule has 12 heavy (non-hydrogen) atoms. The fraction of sp³-hybridized carbons (Fsp3) is 0.556. The van der Waals surface area contributed by atoms with Crippen LogP contribution in [0, 0.1) is 6.92 Å². The van der Waals surface area contributed by atoms with E-state index in [1.165, 1.54) is 0 Å². The van der Waals surface area contributed by atoms with Gasteiger partial charge in [-0.15, -0.1) is 0 Å². The van der Waals surface area contributed by atoms with Crippen LogP contribution in [0.25, 0.3) is 0 Å². The highest BCUT2D eigenvalue weighted by Crippen LogP contribution is 1.96. The summed E-state index contributed by atoms with van der Waals surface area (Å²) in [6.07, 6.45) is 4.59. The van der Waals surface area contributed by atoms with E-state index in [0.29, 0.717) is 6.04 Å². The number of rotatable bonds is 3. The van der Waals surface area contributed by atoms with Crippen LogP contribution < -0.4 is 5.32 Å². The molecule has 1 aromatic heterocycles. The molecule has 0 spiro atoms. The van der Waals surface area contributed by atoms with Gasteiger partial charge in [0.05, 0.1) is 0 Å². The summed E-state index contributed by atoms with van der Waals surface area (Å²) < 4.78 is 0. The third-order valence-corrected chi connectivity index (χ3v) is 1.82. The molecule has 1 unspecified atom stereocenters. The minimum atomic E-state index is 0.438. The summed E-state index contributed by atoms with van der Waals surface area (Å²) in [6.45, 7) is 4.11. The summed E-state index contributed by atoms with van der Waals surface area (Å²) in [5, 5.41) is 3.15.